The smallest absolute Gasteiger partial charge is 0.357 e. The van der Waals surface area contributed by atoms with Crippen molar-refractivity contribution in [2.75, 3.05) is 5.73 Å². The van der Waals surface area contributed by atoms with Gasteiger partial charge < -0.3 is 35.2 Å². The Morgan fingerprint density at radius 2 is 2.00 bits per heavy atom. The Kier molecular flexibility index (Phi) is 5.65. The van der Waals surface area contributed by atoms with Crippen LogP contribution in [0.25, 0.3) is 0 Å². The van der Waals surface area contributed by atoms with Gasteiger partial charge in [-0.25, -0.2) is 4.79 Å². The minimum absolute atomic E-state index is 0.0317. The Balaban J connectivity index is 2.41. The second kappa shape index (κ2) is 7.01. The van der Waals surface area contributed by atoms with Crippen molar-refractivity contribution in [2.45, 2.75) is 63.2 Å². The second-order valence-corrected chi connectivity index (χ2v) is 8.20. The quantitative estimate of drug-likeness (QED) is 0.396. The first kappa shape index (κ1) is 21.0. The fourth-order valence-electron chi connectivity index (χ4n) is 3.01. The first-order valence-electron chi connectivity index (χ1n) is 8.05. The normalized spacial score (nSPS) is 29.9. The zero-order chi connectivity index (χ0) is 19.9. The number of aliphatic hydroxyl groups is 2. The predicted molar refractivity (Wildman–Crippen MR) is 89.9 cm³/mol. The molecule has 0 aliphatic carbocycles. The van der Waals surface area contributed by atoms with Crippen LogP contribution in [-0.4, -0.2) is 52.9 Å². The molecule has 2 heterocycles. The summed E-state index contributed by atoms with van der Waals surface area (Å²) in [4.78, 5) is 34.9. The molecule has 0 spiro atoms. The van der Waals surface area contributed by atoms with Crippen molar-refractivity contribution in [3.63, 3.8) is 0 Å². The van der Waals surface area contributed by atoms with Crippen molar-refractivity contribution < 1.29 is 34.0 Å². The van der Waals surface area contributed by atoms with Gasteiger partial charge in [0, 0.05) is 6.20 Å². The molecule has 0 aromatic carbocycles. The Labute approximate surface area is 149 Å². The molecule has 0 radical (unpaired) electrons. The average molecular weight is 393 g/mol. The molecule has 1 saturated heterocycles. The maximum Gasteiger partial charge on any atom is 0.357 e. The van der Waals surface area contributed by atoms with Crippen molar-refractivity contribution in [2.24, 2.45) is 0 Å². The Morgan fingerprint density at radius 1 is 1.42 bits per heavy atom. The van der Waals surface area contributed by atoms with Gasteiger partial charge in [0.2, 0.25) is 0 Å². The molecule has 26 heavy (non-hydrogen) atoms. The van der Waals surface area contributed by atoms with Crippen molar-refractivity contribution in [1.29, 1.82) is 0 Å². The Hall–Kier alpha value is -1.33. The monoisotopic (exact) mass is 393 g/mol. The zero-order valence-electron chi connectivity index (χ0n) is 14.6. The van der Waals surface area contributed by atoms with E-state index in [1.165, 1.54) is 33.0 Å². The lowest BCUT2D eigenvalue weighted by Gasteiger charge is -2.40. The molecule has 0 amide bonds. The number of anilines is 1. The summed E-state index contributed by atoms with van der Waals surface area (Å²) in [6, 6.07) is 1.30. The topological polar surface area (TPSA) is 177 Å². The van der Waals surface area contributed by atoms with E-state index in [9.17, 15) is 29.4 Å². The summed E-state index contributed by atoms with van der Waals surface area (Å²) in [6.07, 6.45) is -3.56. The standard InChI is InChI=1S/C14H24N3O8P/c1-4-14(5-2,26(21,22)23)25-13(3)10(19)9(18)11(24-13)17-7-6-8(15)16-12(17)20/h6-7,9-11,18-19H,4-5H2,1-3H3,(H2,15,16,20)(H2,21,22,23)/t9-,10+,11-,13-/m1/s1. The van der Waals surface area contributed by atoms with E-state index < -0.39 is 42.9 Å². The largest absolute Gasteiger partial charge is 0.385 e. The van der Waals surface area contributed by atoms with Gasteiger partial charge in [0.1, 0.15) is 18.0 Å². The van der Waals surface area contributed by atoms with Gasteiger partial charge in [0.15, 0.2) is 17.4 Å². The molecule has 4 atom stereocenters. The number of aromatic nitrogens is 2. The molecule has 0 unspecified atom stereocenters. The van der Waals surface area contributed by atoms with Crippen LogP contribution in [0.3, 0.4) is 0 Å². The highest BCUT2D eigenvalue weighted by molar-refractivity contribution is 7.53. The fourth-order valence-corrected chi connectivity index (χ4v) is 4.14. The van der Waals surface area contributed by atoms with Gasteiger partial charge in [-0.15, -0.1) is 0 Å². The number of nitrogens with zero attached hydrogens (tertiary/aromatic N) is 2. The van der Waals surface area contributed by atoms with Crippen molar-refractivity contribution in [3.05, 3.63) is 22.7 Å². The van der Waals surface area contributed by atoms with Crippen LogP contribution in [0.4, 0.5) is 5.82 Å². The highest BCUT2D eigenvalue weighted by Crippen LogP contribution is 2.58. The zero-order valence-corrected chi connectivity index (χ0v) is 15.5. The van der Waals surface area contributed by atoms with Crippen LogP contribution in [0.2, 0.25) is 0 Å². The lowest BCUT2D eigenvalue weighted by molar-refractivity contribution is -0.289. The number of nitrogen functional groups attached to an aromatic ring is 1. The summed E-state index contributed by atoms with van der Waals surface area (Å²) >= 11 is 0. The summed E-state index contributed by atoms with van der Waals surface area (Å²) in [7, 11) is -4.75. The highest BCUT2D eigenvalue weighted by atomic mass is 31.2. The maximum atomic E-state index is 12.0. The molecule has 6 N–H and O–H groups in total. The number of hydrogen-bond acceptors (Lipinski definition) is 8. The van der Waals surface area contributed by atoms with Gasteiger partial charge in [-0.05, 0) is 25.8 Å². The number of nitrogens with two attached hydrogens (primary N) is 1. The van der Waals surface area contributed by atoms with Crippen LogP contribution < -0.4 is 11.4 Å². The van der Waals surface area contributed by atoms with Crippen molar-refractivity contribution >= 4 is 13.4 Å². The van der Waals surface area contributed by atoms with Crippen LogP contribution in [0, 0.1) is 0 Å². The fraction of sp³-hybridized carbons (Fsp3) is 0.714. The molecule has 2 rings (SSSR count). The van der Waals surface area contributed by atoms with Crippen molar-refractivity contribution in [1.82, 2.24) is 9.55 Å². The third-order valence-corrected chi connectivity index (χ3v) is 6.45. The van der Waals surface area contributed by atoms with E-state index in [1.807, 2.05) is 0 Å². The number of aliphatic hydroxyl groups excluding tert-OH is 2. The minimum Gasteiger partial charge on any atom is -0.385 e. The summed E-state index contributed by atoms with van der Waals surface area (Å²) in [5.74, 6) is -2.01. The second-order valence-electron chi connectivity index (χ2n) is 6.30. The molecule has 1 fully saturated rings. The van der Waals surface area contributed by atoms with Crippen LogP contribution in [-0.2, 0) is 14.0 Å². The van der Waals surface area contributed by atoms with E-state index >= 15 is 0 Å². The van der Waals surface area contributed by atoms with Crippen LogP contribution >= 0.6 is 7.60 Å². The van der Waals surface area contributed by atoms with Gasteiger partial charge in [-0.3, -0.25) is 9.13 Å². The van der Waals surface area contributed by atoms with Crippen LogP contribution in [0.15, 0.2) is 17.1 Å². The molecular formula is C14H24N3O8P. The van der Waals surface area contributed by atoms with Crippen LogP contribution in [0.1, 0.15) is 39.8 Å². The third kappa shape index (κ3) is 3.44. The van der Waals surface area contributed by atoms with E-state index in [0.717, 1.165) is 4.57 Å². The molecular weight excluding hydrogens is 369 g/mol. The number of hydrogen-bond donors (Lipinski definition) is 5. The van der Waals surface area contributed by atoms with E-state index in [4.69, 9.17) is 15.2 Å². The van der Waals surface area contributed by atoms with Gasteiger partial charge in [0.05, 0.1) is 0 Å². The molecule has 1 aromatic rings. The predicted octanol–water partition coefficient (Wildman–Crippen LogP) is -0.497. The molecule has 148 valence electrons. The van der Waals surface area contributed by atoms with Crippen molar-refractivity contribution in [3.8, 4) is 0 Å². The average Bonchev–Trinajstić information content (AvgIpc) is 2.76. The Bertz CT molecular complexity index is 761. The van der Waals surface area contributed by atoms with E-state index in [0.29, 0.717) is 0 Å². The summed E-state index contributed by atoms with van der Waals surface area (Å²) in [6.45, 7) is 4.29. The molecule has 0 bridgehead atoms. The molecule has 1 aliphatic rings. The summed E-state index contributed by atoms with van der Waals surface area (Å²) < 4.78 is 24.0. The first-order valence-corrected chi connectivity index (χ1v) is 9.66. The lowest BCUT2D eigenvalue weighted by atomic mass is 10.1. The van der Waals surface area contributed by atoms with E-state index in [-0.39, 0.29) is 18.7 Å². The van der Waals surface area contributed by atoms with E-state index in [2.05, 4.69) is 4.98 Å². The summed E-state index contributed by atoms with van der Waals surface area (Å²) in [5.41, 5.74) is 4.60. The number of ether oxygens (including phenoxy) is 2. The molecule has 12 heteroatoms. The van der Waals surface area contributed by atoms with E-state index in [1.54, 1.807) is 0 Å². The van der Waals surface area contributed by atoms with Gasteiger partial charge in [-0.2, -0.15) is 4.98 Å². The maximum absolute atomic E-state index is 12.0. The third-order valence-electron chi connectivity index (χ3n) is 4.66. The van der Waals surface area contributed by atoms with Gasteiger partial charge in [-0.1, -0.05) is 13.8 Å². The van der Waals surface area contributed by atoms with Gasteiger partial charge >= 0.3 is 13.3 Å². The lowest BCUT2D eigenvalue weighted by Crippen LogP contribution is -2.49. The summed E-state index contributed by atoms with van der Waals surface area (Å²) in [5, 5.41) is 18.8. The molecule has 11 nitrogen and oxygen atoms in total. The molecule has 0 saturated carbocycles. The Morgan fingerprint density at radius 3 is 2.46 bits per heavy atom. The molecule has 1 aliphatic heterocycles. The first-order chi connectivity index (χ1) is 11.9. The minimum atomic E-state index is -4.75. The van der Waals surface area contributed by atoms with Gasteiger partial charge in [0.25, 0.3) is 0 Å². The number of rotatable bonds is 6. The molecule has 1 aromatic heterocycles. The highest BCUT2D eigenvalue weighted by Gasteiger charge is 2.59. The SMILES string of the molecule is CCC(CC)(O[C@@]1(C)O[C@@H](n2ccc(N)nc2=O)[C@H](O)[C@@H]1O)P(=O)(O)O. The van der Waals surface area contributed by atoms with Crippen LogP contribution in [0.5, 0.6) is 0 Å².